The Balaban J connectivity index is 1.76. The van der Waals surface area contributed by atoms with Gasteiger partial charge in [-0.2, -0.15) is 5.26 Å². The first-order valence-corrected chi connectivity index (χ1v) is 8.90. The number of nitrogens with zero attached hydrogens (tertiary/aromatic N) is 1. The molecule has 0 aliphatic carbocycles. The fourth-order valence-corrected chi connectivity index (χ4v) is 2.87. The van der Waals surface area contributed by atoms with Crippen LogP contribution in [0, 0.1) is 17.1 Å². The number of hydrogen-bond acceptors (Lipinski definition) is 3. The maximum atomic E-state index is 13.2. The van der Waals surface area contributed by atoms with Crippen LogP contribution in [0.4, 0.5) is 4.39 Å². The molecule has 3 aromatic carbocycles. The summed E-state index contributed by atoms with van der Waals surface area (Å²) in [5.41, 5.74) is 2.78. The molecule has 0 bridgehead atoms. The number of nitriles is 1. The van der Waals surface area contributed by atoms with E-state index in [0.717, 1.165) is 16.9 Å². The van der Waals surface area contributed by atoms with E-state index < -0.39 is 0 Å². The lowest BCUT2D eigenvalue weighted by molar-refractivity contribution is 0.306. The topological polar surface area (TPSA) is 42.2 Å². The van der Waals surface area contributed by atoms with Crippen molar-refractivity contribution in [3.63, 3.8) is 0 Å². The largest absolute Gasteiger partial charge is 0.497 e. The molecule has 0 aliphatic heterocycles. The third-order valence-electron chi connectivity index (χ3n) is 4.07. The van der Waals surface area contributed by atoms with Crippen molar-refractivity contribution in [1.82, 2.24) is 0 Å². The van der Waals surface area contributed by atoms with E-state index in [1.807, 2.05) is 18.2 Å². The summed E-state index contributed by atoms with van der Waals surface area (Å²) in [6.07, 6.45) is 1.75. The van der Waals surface area contributed by atoms with Crippen molar-refractivity contribution >= 4 is 23.3 Å². The predicted octanol–water partition coefficient (Wildman–Crippen LogP) is 6.13. The zero-order valence-corrected chi connectivity index (χ0v) is 15.9. The van der Waals surface area contributed by atoms with Crippen molar-refractivity contribution < 1.29 is 13.9 Å². The van der Waals surface area contributed by atoms with Crippen LogP contribution in [-0.4, -0.2) is 7.11 Å². The van der Waals surface area contributed by atoms with Gasteiger partial charge in [-0.1, -0.05) is 29.8 Å². The molecule has 0 heterocycles. The van der Waals surface area contributed by atoms with Crippen LogP contribution in [0.3, 0.4) is 0 Å². The molecule has 0 radical (unpaired) electrons. The molecule has 3 rings (SSSR count). The average molecular weight is 394 g/mol. The van der Waals surface area contributed by atoms with Gasteiger partial charge in [-0.3, -0.25) is 0 Å². The van der Waals surface area contributed by atoms with Gasteiger partial charge in [0.25, 0.3) is 0 Å². The maximum absolute atomic E-state index is 13.2. The highest BCUT2D eigenvalue weighted by molar-refractivity contribution is 6.32. The van der Waals surface area contributed by atoms with Crippen molar-refractivity contribution in [3.05, 3.63) is 94.3 Å². The molecule has 0 aromatic heterocycles. The summed E-state index contributed by atoms with van der Waals surface area (Å²) in [7, 11) is 1.59. The highest BCUT2D eigenvalue weighted by Gasteiger charge is 2.06. The summed E-state index contributed by atoms with van der Waals surface area (Å²) in [5, 5.41) is 9.90. The molecule has 3 nitrogen and oxygen atoms in total. The third kappa shape index (κ3) is 4.91. The minimum absolute atomic E-state index is 0.210. The Bertz CT molecular complexity index is 1040. The number of ether oxygens (including phenoxy) is 2. The summed E-state index contributed by atoms with van der Waals surface area (Å²) >= 11 is 6.31. The molecule has 5 heteroatoms. The number of benzene rings is 3. The van der Waals surface area contributed by atoms with E-state index in [2.05, 4.69) is 6.07 Å². The van der Waals surface area contributed by atoms with Crippen molar-refractivity contribution in [2.24, 2.45) is 0 Å². The van der Waals surface area contributed by atoms with Crippen LogP contribution in [0.15, 0.2) is 66.7 Å². The first kappa shape index (κ1) is 19.5. The van der Waals surface area contributed by atoms with Crippen molar-refractivity contribution in [3.8, 4) is 17.6 Å². The molecular weight excluding hydrogens is 377 g/mol. The molecule has 0 unspecified atom stereocenters. The molecule has 0 spiro atoms. The SMILES string of the molecule is COc1ccc(/C(C#N)=C/c2ccc(OCc3cccc(F)c3)c(Cl)c2)cc1. The lowest BCUT2D eigenvalue weighted by Gasteiger charge is -2.09. The number of methoxy groups -OCH3 is 1. The zero-order chi connectivity index (χ0) is 19.9. The number of hydrogen-bond donors (Lipinski definition) is 0. The standard InChI is InChI=1S/C23H17ClFNO2/c1-27-21-8-6-18(7-9-21)19(14-26)11-16-5-10-23(22(24)13-16)28-15-17-3-2-4-20(25)12-17/h2-13H,15H2,1H3/b19-11+. The van der Waals surface area contributed by atoms with E-state index in [0.29, 0.717) is 21.9 Å². The van der Waals surface area contributed by atoms with Gasteiger partial charge in [0.05, 0.1) is 23.8 Å². The smallest absolute Gasteiger partial charge is 0.138 e. The molecule has 0 N–H and O–H groups in total. The molecule has 0 saturated heterocycles. The average Bonchev–Trinajstić information content (AvgIpc) is 2.71. The highest BCUT2D eigenvalue weighted by Crippen LogP contribution is 2.28. The van der Waals surface area contributed by atoms with Crippen LogP contribution in [-0.2, 0) is 6.61 Å². The van der Waals surface area contributed by atoms with E-state index in [4.69, 9.17) is 21.1 Å². The molecule has 3 aromatic rings. The van der Waals surface area contributed by atoms with Gasteiger partial charge in [-0.05, 0) is 71.3 Å². The second-order valence-electron chi connectivity index (χ2n) is 6.01. The first-order chi connectivity index (χ1) is 13.6. The Morgan fingerprint density at radius 2 is 1.89 bits per heavy atom. The summed E-state index contributed by atoms with van der Waals surface area (Å²) in [4.78, 5) is 0. The molecule has 0 aliphatic rings. The molecule has 0 amide bonds. The molecule has 0 fully saturated rings. The summed E-state index contributed by atoms with van der Waals surface area (Å²) < 4.78 is 24.1. The van der Waals surface area contributed by atoms with Gasteiger partial charge in [0.1, 0.15) is 23.9 Å². The Hall–Kier alpha value is -3.29. The van der Waals surface area contributed by atoms with E-state index in [1.54, 1.807) is 49.6 Å². The minimum atomic E-state index is -0.310. The predicted molar refractivity (Wildman–Crippen MR) is 109 cm³/mol. The molecule has 28 heavy (non-hydrogen) atoms. The van der Waals surface area contributed by atoms with Gasteiger partial charge in [-0.25, -0.2) is 4.39 Å². The van der Waals surface area contributed by atoms with Crippen molar-refractivity contribution in [2.75, 3.05) is 7.11 Å². The zero-order valence-electron chi connectivity index (χ0n) is 15.2. The monoisotopic (exact) mass is 393 g/mol. The van der Waals surface area contributed by atoms with Gasteiger partial charge in [0.2, 0.25) is 0 Å². The second-order valence-corrected chi connectivity index (χ2v) is 6.41. The van der Waals surface area contributed by atoms with Gasteiger partial charge in [-0.15, -0.1) is 0 Å². The lowest BCUT2D eigenvalue weighted by Crippen LogP contribution is -1.96. The van der Waals surface area contributed by atoms with E-state index in [1.165, 1.54) is 12.1 Å². The number of halogens is 2. The third-order valence-corrected chi connectivity index (χ3v) is 4.37. The number of rotatable bonds is 6. The van der Waals surface area contributed by atoms with Crippen LogP contribution in [0.25, 0.3) is 11.6 Å². The molecular formula is C23H17ClFNO2. The Labute approximate surface area is 168 Å². The van der Waals surface area contributed by atoms with Crippen molar-refractivity contribution in [1.29, 1.82) is 5.26 Å². The van der Waals surface area contributed by atoms with Gasteiger partial charge >= 0.3 is 0 Å². The van der Waals surface area contributed by atoms with Gasteiger partial charge in [0.15, 0.2) is 0 Å². The van der Waals surface area contributed by atoms with Crippen LogP contribution in [0.5, 0.6) is 11.5 Å². The van der Waals surface area contributed by atoms with Gasteiger partial charge < -0.3 is 9.47 Å². The van der Waals surface area contributed by atoms with Crippen LogP contribution in [0.2, 0.25) is 5.02 Å². The summed E-state index contributed by atoms with van der Waals surface area (Å²) in [6.45, 7) is 0.210. The van der Waals surface area contributed by atoms with Crippen LogP contribution < -0.4 is 9.47 Å². The van der Waals surface area contributed by atoms with Crippen LogP contribution in [0.1, 0.15) is 16.7 Å². The highest BCUT2D eigenvalue weighted by atomic mass is 35.5. The molecule has 140 valence electrons. The fraction of sp³-hybridized carbons (Fsp3) is 0.0870. The Morgan fingerprint density at radius 3 is 2.54 bits per heavy atom. The van der Waals surface area contributed by atoms with Crippen molar-refractivity contribution in [2.45, 2.75) is 6.61 Å². The van der Waals surface area contributed by atoms with Gasteiger partial charge in [0, 0.05) is 0 Å². The van der Waals surface area contributed by atoms with E-state index >= 15 is 0 Å². The summed E-state index contributed by atoms with van der Waals surface area (Å²) in [5.74, 6) is 0.908. The van der Waals surface area contributed by atoms with E-state index in [-0.39, 0.29) is 12.4 Å². The molecule has 0 atom stereocenters. The normalized spacial score (nSPS) is 11.0. The lowest BCUT2D eigenvalue weighted by atomic mass is 10.0. The quantitative estimate of drug-likeness (QED) is 0.373. The Kier molecular flexibility index (Phi) is 6.31. The molecule has 0 saturated carbocycles. The maximum Gasteiger partial charge on any atom is 0.138 e. The number of allylic oxidation sites excluding steroid dienone is 1. The summed E-state index contributed by atoms with van der Waals surface area (Å²) in [6, 6.07) is 20.9. The minimum Gasteiger partial charge on any atom is -0.497 e. The Morgan fingerprint density at radius 1 is 1.11 bits per heavy atom. The van der Waals surface area contributed by atoms with Crippen LogP contribution >= 0.6 is 11.6 Å². The van der Waals surface area contributed by atoms with E-state index in [9.17, 15) is 9.65 Å². The first-order valence-electron chi connectivity index (χ1n) is 8.52. The fourth-order valence-electron chi connectivity index (χ4n) is 2.63. The second kappa shape index (κ2) is 9.07.